The van der Waals surface area contributed by atoms with Crippen LogP contribution in [0.3, 0.4) is 0 Å². The molecule has 12 heavy (non-hydrogen) atoms. The summed E-state index contributed by atoms with van der Waals surface area (Å²) < 4.78 is 0. The molecule has 2 rings (SSSR count). The molecule has 2 bridgehead atoms. The zero-order chi connectivity index (χ0) is 8.98. The van der Waals surface area contributed by atoms with Crippen LogP contribution in [0.5, 0.6) is 0 Å². The number of hydrogen-bond donors (Lipinski definition) is 2. The summed E-state index contributed by atoms with van der Waals surface area (Å²) in [6.07, 6.45) is 4.03. The summed E-state index contributed by atoms with van der Waals surface area (Å²) in [5.74, 6) is 6.47. The molecule has 3 N–H and O–H groups in total. The van der Waals surface area contributed by atoms with Crippen molar-refractivity contribution < 1.29 is 0 Å². The molecule has 2 aliphatic carbocycles. The first-order chi connectivity index (χ1) is 5.52. The van der Waals surface area contributed by atoms with Crippen molar-refractivity contribution in [1.82, 2.24) is 5.43 Å². The van der Waals surface area contributed by atoms with E-state index in [-0.39, 0.29) is 0 Å². The molecule has 0 spiro atoms. The summed E-state index contributed by atoms with van der Waals surface area (Å²) in [6.45, 7) is 7.20. The lowest BCUT2D eigenvalue weighted by atomic mass is 9.69. The van der Waals surface area contributed by atoms with Crippen LogP contribution in [0.25, 0.3) is 0 Å². The molecule has 0 aromatic rings. The van der Waals surface area contributed by atoms with Crippen LogP contribution >= 0.6 is 0 Å². The molecule has 2 saturated carbocycles. The fourth-order valence-electron chi connectivity index (χ4n) is 3.46. The van der Waals surface area contributed by atoms with Crippen molar-refractivity contribution in [3.63, 3.8) is 0 Å². The van der Waals surface area contributed by atoms with Crippen LogP contribution in [0.2, 0.25) is 0 Å². The summed E-state index contributed by atoms with van der Waals surface area (Å²) in [7, 11) is 0. The Morgan fingerprint density at radius 1 is 1.33 bits per heavy atom. The van der Waals surface area contributed by atoms with Crippen molar-refractivity contribution in [2.45, 2.75) is 46.1 Å². The normalized spacial score (nSPS) is 50.0. The predicted molar refractivity (Wildman–Crippen MR) is 50.3 cm³/mol. The average molecular weight is 168 g/mol. The SMILES string of the molecule is CC1(C)[C@@H]2CC[C@@]1(C)[C@@H](NN)C2. The van der Waals surface area contributed by atoms with E-state index in [1.54, 1.807) is 0 Å². The third-order valence-corrected chi connectivity index (χ3v) is 5.00. The fraction of sp³-hybridized carbons (Fsp3) is 1.00. The fourth-order valence-corrected chi connectivity index (χ4v) is 3.46. The lowest BCUT2D eigenvalue weighted by molar-refractivity contribution is 0.121. The Hall–Kier alpha value is -0.0800. The van der Waals surface area contributed by atoms with Crippen molar-refractivity contribution in [3.8, 4) is 0 Å². The molecule has 70 valence electrons. The van der Waals surface area contributed by atoms with Gasteiger partial charge < -0.3 is 0 Å². The molecule has 2 fully saturated rings. The highest BCUT2D eigenvalue weighted by Crippen LogP contribution is 2.65. The second-order valence-electron chi connectivity index (χ2n) is 5.33. The van der Waals surface area contributed by atoms with Gasteiger partial charge in [0.1, 0.15) is 0 Å². The number of fused-ring (bicyclic) bond motifs is 2. The van der Waals surface area contributed by atoms with Gasteiger partial charge in [-0.25, -0.2) is 0 Å². The predicted octanol–water partition coefficient (Wildman–Crippen LogP) is 1.66. The third kappa shape index (κ3) is 0.728. The molecule has 2 heteroatoms. The highest BCUT2D eigenvalue weighted by atomic mass is 15.2. The maximum absolute atomic E-state index is 5.58. The Balaban J connectivity index is 2.33. The molecule has 0 heterocycles. The molecule has 0 amide bonds. The summed E-state index contributed by atoms with van der Waals surface area (Å²) in [6, 6.07) is 0.547. The van der Waals surface area contributed by atoms with Gasteiger partial charge in [0, 0.05) is 6.04 Å². The van der Waals surface area contributed by atoms with E-state index in [9.17, 15) is 0 Å². The Labute approximate surface area is 74.9 Å². The quantitative estimate of drug-likeness (QED) is 0.461. The van der Waals surface area contributed by atoms with Crippen LogP contribution in [0.15, 0.2) is 0 Å². The Bertz CT molecular complexity index is 200. The molecular formula is C10H20N2. The van der Waals surface area contributed by atoms with Crippen molar-refractivity contribution >= 4 is 0 Å². The van der Waals surface area contributed by atoms with Crippen LogP contribution in [-0.4, -0.2) is 6.04 Å². The molecule has 0 aromatic heterocycles. The molecule has 0 unspecified atom stereocenters. The third-order valence-electron chi connectivity index (χ3n) is 5.00. The first kappa shape index (κ1) is 8.52. The monoisotopic (exact) mass is 168 g/mol. The highest BCUT2D eigenvalue weighted by Gasteiger charge is 2.60. The first-order valence-electron chi connectivity index (χ1n) is 4.98. The number of hydrazine groups is 1. The molecule has 0 aliphatic heterocycles. The zero-order valence-electron chi connectivity index (χ0n) is 8.35. The molecule has 2 nitrogen and oxygen atoms in total. The van der Waals surface area contributed by atoms with E-state index in [4.69, 9.17) is 5.84 Å². The van der Waals surface area contributed by atoms with Crippen molar-refractivity contribution in [1.29, 1.82) is 0 Å². The van der Waals surface area contributed by atoms with E-state index in [0.717, 1.165) is 5.92 Å². The lowest BCUT2D eigenvalue weighted by Gasteiger charge is -2.38. The number of rotatable bonds is 1. The highest BCUT2D eigenvalue weighted by molar-refractivity contribution is 5.12. The van der Waals surface area contributed by atoms with Gasteiger partial charge in [-0.3, -0.25) is 11.3 Å². The second kappa shape index (κ2) is 2.24. The van der Waals surface area contributed by atoms with Crippen molar-refractivity contribution in [2.75, 3.05) is 0 Å². The van der Waals surface area contributed by atoms with Crippen LogP contribution < -0.4 is 11.3 Å². The van der Waals surface area contributed by atoms with E-state index in [0.29, 0.717) is 16.9 Å². The molecule has 2 aliphatic rings. The molecule has 0 saturated heterocycles. The summed E-state index contributed by atoms with van der Waals surface area (Å²) in [5, 5.41) is 0. The van der Waals surface area contributed by atoms with Crippen molar-refractivity contribution in [2.24, 2.45) is 22.6 Å². The first-order valence-corrected chi connectivity index (χ1v) is 4.98. The Morgan fingerprint density at radius 3 is 2.25 bits per heavy atom. The van der Waals surface area contributed by atoms with Crippen LogP contribution in [0.1, 0.15) is 40.0 Å². The minimum absolute atomic E-state index is 0.437. The smallest absolute Gasteiger partial charge is 0.0272 e. The lowest BCUT2D eigenvalue weighted by Crippen LogP contribution is -2.47. The van der Waals surface area contributed by atoms with Gasteiger partial charge in [0.25, 0.3) is 0 Å². The number of nitrogens with two attached hydrogens (primary N) is 1. The van der Waals surface area contributed by atoms with E-state index in [1.807, 2.05) is 0 Å². The number of hydrogen-bond acceptors (Lipinski definition) is 2. The van der Waals surface area contributed by atoms with E-state index >= 15 is 0 Å². The van der Waals surface area contributed by atoms with Gasteiger partial charge in [-0.1, -0.05) is 20.8 Å². The topological polar surface area (TPSA) is 38.0 Å². The molecule has 0 aromatic carbocycles. The van der Waals surface area contributed by atoms with E-state index in [2.05, 4.69) is 26.2 Å². The maximum atomic E-state index is 5.58. The summed E-state index contributed by atoms with van der Waals surface area (Å²) >= 11 is 0. The average Bonchev–Trinajstić information content (AvgIpc) is 2.34. The summed E-state index contributed by atoms with van der Waals surface area (Å²) in [4.78, 5) is 0. The van der Waals surface area contributed by atoms with E-state index < -0.39 is 0 Å². The maximum Gasteiger partial charge on any atom is 0.0272 e. The van der Waals surface area contributed by atoms with Gasteiger partial charge in [0.2, 0.25) is 0 Å². The number of nitrogens with one attached hydrogen (secondary N) is 1. The van der Waals surface area contributed by atoms with E-state index in [1.165, 1.54) is 19.3 Å². The van der Waals surface area contributed by atoms with Crippen LogP contribution in [-0.2, 0) is 0 Å². The molecule has 3 atom stereocenters. The summed E-state index contributed by atoms with van der Waals surface area (Å²) in [5.41, 5.74) is 3.92. The van der Waals surface area contributed by atoms with Gasteiger partial charge in [0.15, 0.2) is 0 Å². The van der Waals surface area contributed by atoms with Crippen molar-refractivity contribution in [3.05, 3.63) is 0 Å². The van der Waals surface area contributed by atoms with Crippen LogP contribution in [0.4, 0.5) is 0 Å². The molecular weight excluding hydrogens is 148 g/mol. The standard InChI is InChI=1S/C10H20N2/c1-9(2)7-4-5-10(9,3)8(6-7)12-11/h7-8,12H,4-6,11H2,1-3H3/t7-,8+,10+/m1/s1. The van der Waals surface area contributed by atoms with Gasteiger partial charge in [0.05, 0.1) is 0 Å². The molecule has 0 radical (unpaired) electrons. The largest absolute Gasteiger partial charge is 0.271 e. The Morgan fingerprint density at radius 2 is 2.00 bits per heavy atom. The van der Waals surface area contributed by atoms with Gasteiger partial charge in [-0.05, 0) is 36.0 Å². The van der Waals surface area contributed by atoms with Crippen LogP contribution in [0, 0.1) is 16.7 Å². The minimum Gasteiger partial charge on any atom is -0.271 e. The van der Waals surface area contributed by atoms with Gasteiger partial charge in [-0.2, -0.15) is 0 Å². The van der Waals surface area contributed by atoms with Gasteiger partial charge >= 0.3 is 0 Å². The zero-order valence-corrected chi connectivity index (χ0v) is 8.35. The second-order valence-corrected chi connectivity index (χ2v) is 5.33. The minimum atomic E-state index is 0.437. The van der Waals surface area contributed by atoms with Gasteiger partial charge in [-0.15, -0.1) is 0 Å². The Kier molecular flexibility index (Phi) is 1.59.